The van der Waals surface area contributed by atoms with Crippen molar-refractivity contribution >= 4 is 5.91 Å². The number of hydrogen-bond donors (Lipinski definition) is 1. The van der Waals surface area contributed by atoms with Crippen molar-refractivity contribution in [2.75, 3.05) is 54.1 Å². The van der Waals surface area contributed by atoms with Crippen LogP contribution in [0.3, 0.4) is 0 Å². The van der Waals surface area contributed by atoms with Crippen molar-refractivity contribution in [3.8, 4) is 11.5 Å². The highest BCUT2D eigenvalue weighted by Crippen LogP contribution is 2.28. The molecule has 0 bridgehead atoms. The SMILES string of the molecule is COCC1(C(=O)N(C)CCOc2ccc(OC)cc2)CCNC1. The number of likely N-dealkylation sites (N-methyl/N-ethyl adjacent to an activating group) is 1. The Morgan fingerprint density at radius 3 is 2.52 bits per heavy atom. The fraction of sp³-hybridized carbons (Fsp3) is 0.588. The number of hydrogen-bond acceptors (Lipinski definition) is 5. The minimum Gasteiger partial charge on any atom is -0.497 e. The predicted molar refractivity (Wildman–Crippen MR) is 87.9 cm³/mol. The van der Waals surface area contributed by atoms with Gasteiger partial charge in [-0.3, -0.25) is 4.79 Å². The minimum absolute atomic E-state index is 0.114. The molecule has 1 aliphatic rings. The van der Waals surface area contributed by atoms with Gasteiger partial charge in [0.2, 0.25) is 5.91 Å². The molecule has 6 nitrogen and oxygen atoms in total. The number of amides is 1. The van der Waals surface area contributed by atoms with Gasteiger partial charge in [0.1, 0.15) is 18.1 Å². The van der Waals surface area contributed by atoms with E-state index in [-0.39, 0.29) is 5.91 Å². The van der Waals surface area contributed by atoms with Crippen molar-refractivity contribution in [3.63, 3.8) is 0 Å². The van der Waals surface area contributed by atoms with Crippen LogP contribution >= 0.6 is 0 Å². The maximum absolute atomic E-state index is 12.7. The highest BCUT2D eigenvalue weighted by atomic mass is 16.5. The number of methoxy groups -OCH3 is 2. The lowest BCUT2D eigenvalue weighted by Crippen LogP contribution is -2.47. The van der Waals surface area contributed by atoms with Gasteiger partial charge in [-0.1, -0.05) is 0 Å². The molecule has 6 heteroatoms. The Bertz CT molecular complexity index is 498. The molecule has 1 aliphatic heterocycles. The maximum Gasteiger partial charge on any atom is 0.232 e. The lowest BCUT2D eigenvalue weighted by atomic mass is 9.86. The van der Waals surface area contributed by atoms with E-state index < -0.39 is 5.41 Å². The number of nitrogens with one attached hydrogen (secondary N) is 1. The molecule has 1 aromatic carbocycles. The van der Waals surface area contributed by atoms with Gasteiger partial charge in [0.05, 0.1) is 25.7 Å². The van der Waals surface area contributed by atoms with Crippen molar-refractivity contribution in [2.24, 2.45) is 5.41 Å². The average molecular weight is 322 g/mol. The lowest BCUT2D eigenvalue weighted by Gasteiger charge is -2.31. The zero-order valence-corrected chi connectivity index (χ0v) is 14.1. The number of ether oxygens (including phenoxy) is 3. The van der Waals surface area contributed by atoms with E-state index in [1.807, 2.05) is 31.3 Å². The number of carbonyl (C=O) groups is 1. The summed E-state index contributed by atoms with van der Waals surface area (Å²) in [5.74, 6) is 1.67. The standard InChI is InChI=1S/C17H26N2O4/c1-19(16(20)17(13-21-2)8-9-18-12-17)10-11-23-15-6-4-14(22-3)5-7-15/h4-7,18H,8-13H2,1-3H3. The topological polar surface area (TPSA) is 60.0 Å². The van der Waals surface area contributed by atoms with Crippen molar-refractivity contribution in [3.05, 3.63) is 24.3 Å². The van der Waals surface area contributed by atoms with E-state index in [0.717, 1.165) is 24.5 Å². The second-order valence-electron chi connectivity index (χ2n) is 5.89. The number of nitrogens with zero attached hydrogens (tertiary/aromatic N) is 1. The second kappa shape index (κ2) is 8.17. The summed E-state index contributed by atoms with van der Waals surface area (Å²) in [6, 6.07) is 7.41. The van der Waals surface area contributed by atoms with Gasteiger partial charge in [-0.15, -0.1) is 0 Å². The van der Waals surface area contributed by atoms with Gasteiger partial charge in [-0.2, -0.15) is 0 Å². The van der Waals surface area contributed by atoms with Crippen LogP contribution in [0.25, 0.3) is 0 Å². The van der Waals surface area contributed by atoms with E-state index in [0.29, 0.717) is 26.3 Å². The summed E-state index contributed by atoms with van der Waals surface area (Å²) in [5, 5.41) is 3.26. The molecule has 1 fully saturated rings. The molecule has 0 spiro atoms. The Kier molecular flexibility index (Phi) is 6.24. The lowest BCUT2D eigenvalue weighted by molar-refractivity contribution is -0.143. The van der Waals surface area contributed by atoms with Crippen molar-refractivity contribution in [2.45, 2.75) is 6.42 Å². The average Bonchev–Trinajstić information content (AvgIpc) is 3.05. The third kappa shape index (κ3) is 4.36. The van der Waals surface area contributed by atoms with E-state index in [1.54, 1.807) is 19.1 Å². The monoisotopic (exact) mass is 322 g/mol. The Morgan fingerprint density at radius 2 is 1.96 bits per heavy atom. The van der Waals surface area contributed by atoms with Crippen molar-refractivity contribution < 1.29 is 19.0 Å². The molecule has 1 amide bonds. The van der Waals surface area contributed by atoms with Crippen LogP contribution in [0.1, 0.15) is 6.42 Å². The Morgan fingerprint density at radius 1 is 1.26 bits per heavy atom. The fourth-order valence-electron chi connectivity index (χ4n) is 2.87. The smallest absolute Gasteiger partial charge is 0.232 e. The molecule has 1 saturated heterocycles. The second-order valence-corrected chi connectivity index (χ2v) is 5.89. The predicted octanol–water partition coefficient (Wildman–Crippen LogP) is 1.16. The van der Waals surface area contributed by atoms with Gasteiger partial charge >= 0.3 is 0 Å². The zero-order chi connectivity index (χ0) is 16.7. The molecule has 1 aromatic rings. The van der Waals surface area contributed by atoms with Crippen molar-refractivity contribution in [1.29, 1.82) is 0 Å². The first-order chi connectivity index (χ1) is 11.1. The van der Waals surface area contributed by atoms with E-state index in [9.17, 15) is 4.79 Å². The Balaban J connectivity index is 1.83. The summed E-state index contributed by atoms with van der Waals surface area (Å²) >= 11 is 0. The molecule has 23 heavy (non-hydrogen) atoms. The fourth-order valence-corrected chi connectivity index (χ4v) is 2.87. The molecule has 1 atom stereocenters. The first kappa shape index (κ1) is 17.6. The summed E-state index contributed by atoms with van der Waals surface area (Å²) in [7, 11) is 5.08. The van der Waals surface area contributed by atoms with Gasteiger partial charge in [0.15, 0.2) is 0 Å². The van der Waals surface area contributed by atoms with Crippen LogP contribution < -0.4 is 14.8 Å². The van der Waals surface area contributed by atoms with Crippen LogP contribution in [0.4, 0.5) is 0 Å². The first-order valence-electron chi connectivity index (χ1n) is 7.83. The van der Waals surface area contributed by atoms with Crippen LogP contribution in [-0.4, -0.2) is 64.9 Å². The molecule has 2 rings (SSSR count). The molecule has 1 N–H and O–H groups in total. The van der Waals surface area contributed by atoms with Gasteiger partial charge in [-0.05, 0) is 37.2 Å². The van der Waals surface area contributed by atoms with Crippen LogP contribution in [-0.2, 0) is 9.53 Å². The molecule has 1 heterocycles. The molecular formula is C17H26N2O4. The van der Waals surface area contributed by atoms with Crippen LogP contribution in [0, 0.1) is 5.41 Å². The van der Waals surface area contributed by atoms with Crippen LogP contribution in [0.15, 0.2) is 24.3 Å². The van der Waals surface area contributed by atoms with Crippen LogP contribution in [0.2, 0.25) is 0 Å². The number of rotatable bonds is 8. The molecule has 0 aromatic heterocycles. The first-order valence-corrected chi connectivity index (χ1v) is 7.83. The third-order valence-electron chi connectivity index (χ3n) is 4.22. The normalized spacial score (nSPS) is 20.3. The summed E-state index contributed by atoms with van der Waals surface area (Å²) in [6.45, 7) is 2.96. The minimum atomic E-state index is -0.441. The van der Waals surface area contributed by atoms with Gasteiger partial charge < -0.3 is 24.4 Å². The van der Waals surface area contributed by atoms with E-state index in [4.69, 9.17) is 14.2 Å². The molecular weight excluding hydrogens is 296 g/mol. The third-order valence-corrected chi connectivity index (χ3v) is 4.22. The molecule has 128 valence electrons. The van der Waals surface area contributed by atoms with Gasteiger partial charge in [-0.25, -0.2) is 0 Å². The summed E-state index contributed by atoms with van der Waals surface area (Å²) in [5.41, 5.74) is -0.441. The summed E-state index contributed by atoms with van der Waals surface area (Å²) in [4.78, 5) is 14.4. The molecule has 1 unspecified atom stereocenters. The molecule has 0 radical (unpaired) electrons. The highest BCUT2D eigenvalue weighted by Gasteiger charge is 2.42. The van der Waals surface area contributed by atoms with Gasteiger partial charge in [0, 0.05) is 20.7 Å². The number of benzene rings is 1. The quantitative estimate of drug-likeness (QED) is 0.778. The molecule has 0 aliphatic carbocycles. The van der Waals surface area contributed by atoms with Gasteiger partial charge in [0.25, 0.3) is 0 Å². The highest BCUT2D eigenvalue weighted by molar-refractivity contribution is 5.83. The molecule has 0 saturated carbocycles. The number of carbonyl (C=O) groups excluding carboxylic acids is 1. The van der Waals surface area contributed by atoms with E-state index >= 15 is 0 Å². The van der Waals surface area contributed by atoms with E-state index in [2.05, 4.69) is 5.32 Å². The van der Waals surface area contributed by atoms with Crippen LogP contribution in [0.5, 0.6) is 11.5 Å². The largest absolute Gasteiger partial charge is 0.497 e. The Labute approximate surface area is 137 Å². The summed E-state index contributed by atoms with van der Waals surface area (Å²) in [6.07, 6.45) is 0.809. The zero-order valence-electron chi connectivity index (χ0n) is 14.1. The van der Waals surface area contributed by atoms with Crippen molar-refractivity contribution in [1.82, 2.24) is 10.2 Å². The Hall–Kier alpha value is -1.79. The van der Waals surface area contributed by atoms with E-state index in [1.165, 1.54) is 0 Å². The maximum atomic E-state index is 12.7. The summed E-state index contributed by atoms with van der Waals surface area (Å²) < 4.78 is 16.1.